The Balaban J connectivity index is 1.56. The molecule has 0 saturated carbocycles. The minimum absolute atomic E-state index is 0.0132. The van der Waals surface area contributed by atoms with E-state index < -0.39 is 0 Å². The second kappa shape index (κ2) is 8.24. The molecule has 2 fully saturated rings. The Morgan fingerprint density at radius 2 is 1.59 bits per heavy atom. The lowest BCUT2D eigenvalue weighted by molar-refractivity contribution is 0.112. The van der Waals surface area contributed by atoms with Crippen LogP contribution in [-0.2, 0) is 0 Å². The van der Waals surface area contributed by atoms with E-state index in [1.807, 2.05) is 0 Å². The van der Waals surface area contributed by atoms with Gasteiger partial charge in [0, 0.05) is 22.7 Å². The van der Waals surface area contributed by atoms with Crippen LogP contribution in [0.25, 0.3) is 0 Å². The lowest BCUT2D eigenvalue weighted by atomic mass is 9.54. The van der Waals surface area contributed by atoms with Gasteiger partial charge in [0.1, 0.15) is 7.85 Å². The minimum atomic E-state index is 0.0132. The third-order valence-electron chi connectivity index (χ3n) is 12.4. The van der Waals surface area contributed by atoms with E-state index in [2.05, 4.69) is 124 Å². The predicted molar refractivity (Wildman–Crippen MR) is 177 cm³/mol. The van der Waals surface area contributed by atoms with Gasteiger partial charge in [-0.05, 0) is 85.6 Å². The molecular formula is C38H49BN2. The smallest absolute Gasteiger partial charge is 0.140 e. The summed E-state index contributed by atoms with van der Waals surface area (Å²) in [7, 11) is 2.30. The molecule has 1 aromatic rings. The summed E-state index contributed by atoms with van der Waals surface area (Å²) >= 11 is 0. The number of rotatable bonds is 1. The average molecular weight is 545 g/mol. The van der Waals surface area contributed by atoms with Crippen molar-refractivity contribution in [2.24, 2.45) is 22.2 Å². The molecule has 0 aromatic heterocycles. The van der Waals surface area contributed by atoms with Gasteiger partial charge in [-0.3, -0.25) is 0 Å². The van der Waals surface area contributed by atoms with Gasteiger partial charge in [0.25, 0.3) is 0 Å². The second-order valence-electron chi connectivity index (χ2n) is 15.9. The molecule has 0 N–H and O–H groups in total. The summed E-state index contributed by atoms with van der Waals surface area (Å²) in [6.07, 6.45) is 16.0. The molecule has 3 atom stereocenters. The van der Waals surface area contributed by atoms with E-state index in [1.165, 1.54) is 44.8 Å². The van der Waals surface area contributed by atoms with Crippen LogP contribution in [-0.4, -0.2) is 24.8 Å². The number of anilines is 1. The molecule has 1 aromatic carbocycles. The summed E-state index contributed by atoms with van der Waals surface area (Å²) < 4.78 is 0. The van der Waals surface area contributed by atoms with Crippen molar-refractivity contribution in [2.75, 3.05) is 4.90 Å². The summed E-state index contributed by atoms with van der Waals surface area (Å²) in [5.74, 6) is 0.488. The van der Waals surface area contributed by atoms with Gasteiger partial charge in [-0.2, -0.15) is 0 Å². The highest BCUT2D eigenvalue weighted by Crippen LogP contribution is 2.65. The van der Waals surface area contributed by atoms with Crippen molar-refractivity contribution in [3.8, 4) is 0 Å². The number of hydrogen-bond donors (Lipinski definition) is 0. The van der Waals surface area contributed by atoms with E-state index in [0.29, 0.717) is 12.0 Å². The van der Waals surface area contributed by atoms with Crippen LogP contribution in [0.1, 0.15) is 90.0 Å². The van der Waals surface area contributed by atoms with Gasteiger partial charge < -0.3 is 9.80 Å². The summed E-state index contributed by atoms with van der Waals surface area (Å²) in [4.78, 5) is 5.68. The summed E-state index contributed by atoms with van der Waals surface area (Å²) in [5.41, 5.74) is 20.0. The first-order valence-electron chi connectivity index (χ1n) is 16.0. The summed E-state index contributed by atoms with van der Waals surface area (Å²) in [6, 6.07) is 0.587. The lowest BCUT2D eigenvalue weighted by Crippen LogP contribution is -2.66. The molecule has 3 unspecified atom stereocenters. The Bertz CT molecular complexity index is 1580. The third-order valence-corrected chi connectivity index (χ3v) is 12.4. The Kier molecular flexibility index (Phi) is 5.46. The van der Waals surface area contributed by atoms with Crippen molar-refractivity contribution in [3.63, 3.8) is 0 Å². The van der Waals surface area contributed by atoms with E-state index in [0.717, 1.165) is 19.3 Å². The van der Waals surface area contributed by atoms with Gasteiger partial charge in [-0.25, -0.2) is 0 Å². The van der Waals surface area contributed by atoms with E-state index in [9.17, 15) is 0 Å². The maximum absolute atomic E-state index is 2.89. The molecule has 214 valence electrons. The molecular weight excluding hydrogens is 495 g/mol. The zero-order valence-corrected chi connectivity index (χ0v) is 27.6. The topological polar surface area (TPSA) is 6.48 Å². The molecule has 0 bridgehead atoms. The fourth-order valence-electron chi connectivity index (χ4n) is 9.36. The second-order valence-corrected chi connectivity index (χ2v) is 15.9. The maximum atomic E-state index is 2.89. The van der Waals surface area contributed by atoms with Gasteiger partial charge in [-0.15, -0.1) is 0 Å². The zero-order chi connectivity index (χ0) is 29.5. The Hall–Kier alpha value is -2.68. The quantitative estimate of drug-likeness (QED) is 0.333. The van der Waals surface area contributed by atoms with Crippen LogP contribution in [0.5, 0.6) is 0 Å². The average Bonchev–Trinajstić information content (AvgIpc) is 2.92. The summed E-state index contributed by atoms with van der Waals surface area (Å²) in [5, 5.41) is 0. The number of piperidine rings is 1. The van der Waals surface area contributed by atoms with Crippen LogP contribution in [0.15, 0.2) is 69.8 Å². The van der Waals surface area contributed by atoms with E-state index >= 15 is 0 Å². The number of hydrogen-bond acceptors (Lipinski definition) is 2. The minimum Gasteiger partial charge on any atom is -0.333 e. The number of benzene rings is 1. The van der Waals surface area contributed by atoms with Crippen molar-refractivity contribution in [3.05, 3.63) is 92.0 Å². The molecule has 2 nitrogen and oxygen atoms in total. The summed E-state index contributed by atoms with van der Waals surface area (Å²) in [6.45, 7) is 26.8. The van der Waals surface area contributed by atoms with Gasteiger partial charge >= 0.3 is 0 Å². The molecule has 3 heteroatoms. The van der Waals surface area contributed by atoms with Gasteiger partial charge in [0.2, 0.25) is 0 Å². The zero-order valence-electron chi connectivity index (χ0n) is 27.6. The highest BCUT2D eigenvalue weighted by Gasteiger charge is 2.60. The van der Waals surface area contributed by atoms with Crippen LogP contribution >= 0.6 is 0 Å². The van der Waals surface area contributed by atoms with E-state index in [1.54, 1.807) is 28.0 Å². The molecule has 2 saturated heterocycles. The fourth-order valence-corrected chi connectivity index (χ4v) is 9.36. The maximum Gasteiger partial charge on any atom is 0.140 e. The van der Waals surface area contributed by atoms with Crippen molar-refractivity contribution in [1.29, 1.82) is 0 Å². The van der Waals surface area contributed by atoms with Crippen molar-refractivity contribution in [1.82, 2.24) is 4.90 Å². The van der Waals surface area contributed by atoms with Crippen LogP contribution in [0.4, 0.5) is 5.69 Å². The number of nitrogens with zero attached hydrogens (tertiary/aromatic N) is 2. The first kappa shape index (κ1) is 27.2. The lowest BCUT2D eigenvalue weighted by Gasteiger charge is -2.66. The van der Waals surface area contributed by atoms with Crippen LogP contribution in [0, 0.1) is 49.9 Å². The SMILES string of the molecule is Bc1c(C)c(C)c(N2C3=CCCC4=C3N3C5=C(C=C(C(C)(C)C)CC5C(C)(C)C5=CC=CC2C53)C4(C)C)c(C)c1C. The van der Waals surface area contributed by atoms with Crippen molar-refractivity contribution < 1.29 is 0 Å². The van der Waals surface area contributed by atoms with Crippen LogP contribution in [0.2, 0.25) is 0 Å². The first-order valence-corrected chi connectivity index (χ1v) is 16.0. The highest BCUT2D eigenvalue weighted by atomic mass is 15.4. The molecule has 0 spiro atoms. The third kappa shape index (κ3) is 3.27. The molecule has 6 aliphatic rings. The van der Waals surface area contributed by atoms with E-state index in [-0.39, 0.29) is 22.3 Å². The van der Waals surface area contributed by atoms with Gasteiger partial charge in [0.15, 0.2) is 0 Å². The van der Waals surface area contributed by atoms with E-state index in [4.69, 9.17) is 0 Å². The standard InChI is InChI=1S/C38H49BN2/c1-20-22(3)32(23(4)21(2)31(20)39)40-29-16-12-14-25-34(29)41-33-27(37(25,8)9)18-24(36(5,6)7)19-28(33)38(10,11)26-15-13-17-30(40)35(26)41/h12,14,16-17,19,27,29,34H,13,15,18,39H2,1-11H3. The largest absolute Gasteiger partial charge is 0.333 e. The normalized spacial score (nSPS) is 28.9. The molecule has 41 heavy (non-hydrogen) atoms. The monoisotopic (exact) mass is 544 g/mol. The van der Waals surface area contributed by atoms with Gasteiger partial charge in [-0.1, -0.05) is 101 Å². The molecule has 3 aliphatic carbocycles. The number of piperazine rings is 1. The molecule has 3 heterocycles. The van der Waals surface area contributed by atoms with Crippen LogP contribution in [0.3, 0.4) is 0 Å². The van der Waals surface area contributed by atoms with Gasteiger partial charge in [0.05, 0.1) is 23.5 Å². The van der Waals surface area contributed by atoms with Crippen molar-refractivity contribution in [2.45, 2.75) is 108 Å². The Morgan fingerprint density at radius 1 is 0.927 bits per heavy atom. The fraction of sp³-hybridized carbons (Fsp3) is 0.526. The van der Waals surface area contributed by atoms with Crippen molar-refractivity contribution >= 4 is 19.0 Å². The molecule has 7 rings (SSSR count). The Morgan fingerprint density at radius 3 is 2.22 bits per heavy atom. The highest BCUT2D eigenvalue weighted by molar-refractivity contribution is 6.34. The molecule has 3 aliphatic heterocycles. The number of allylic oxidation sites excluding steroid dienone is 8. The predicted octanol–water partition coefficient (Wildman–Crippen LogP) is 7.79. The Labute approximate surface area is 250 Å². The molecule has 0 amide bonds. The molecule has 0 radical (unpaired) electrons. The van der Waals surface area contributed by atoms with Crippen LogP contribution < -0.4 is 10.4 Å². The first-order chi connectivity index (χ1) is 19.1.